The van der Waals surface area contributed by atoms with Crippen molar-refractivity contribution in [3.63, 3.8) is 0 Å². The van der Waals surface area contributed by atoms with Gasteiger partial charge in [0.25, 0.3) is 0 Å². The Hall–Kier alpha value is -1.55. The number of ether oxygens (including phenoxy) is 1. The van der Waals surface area contributed by atoms with E-state index in [1.807, 2.05) is 6.07 Å². The van der Waals surface area contributed by atoms with E-state index in [0.717, 1.165) is 6.54 Å². The van der Waals surface area contributed by atoms with Crippen molar-refractivity contribution in [3.8, 4) is 0 Å². The highest BCUT2D eigenvalue weighted by Gasteiger charge is 2.45. The number of aliphatic imine (C=N–C) groups is 1. The fourth-order valence-corrected chi connectivity index (χ4v) is 2.87. The monoisotopic (exact) mass is 261 g/mol. The van der Waals surface area contributed by atoms with Crippen LogP contribution in [0.15, 0.2) is 35.3 Å². The number of hydrogen-bond donors (Lipinski definition) is 1. The van der Waals surface area contributed by atoms with Gasteiger partial charge in [0, 0.05) is 13.7 Å². The lowest BCUT2D eigenvalue weighted by Crippen LogP contribution is -2.53. The summed E-state index contributed by atoms with van der Waals surface area (Å²) < 4.78 is 5.21. The molecule has 0 radical (unpaired) electrons. The average molecular weight is 261 g/mol. The van der Waals surface area contributed by atoms with Gasteiger partial charge in [-0.05, 0) is 11.5 Å². The van der Waals surface area contributed by atoms with Gasteiger partial charge in [-0.1, -0.05) is 44.2 Å². The first kappa shape index (κ1) is 13.9. The quantitative estimate of drug-likeness (QED) is 0.879. The third kappa shape index (κ3) is 2.32. The van der Waals surface area contributed by atoms with Gasteiger partial charge in [-0.25, -0.2) is 0 Å². The lowest BCUT2D eigenvalue weighted by Gasteiger charge is -2.43. The first-order valence-electron chi connectivity index (χ1n) is 6.75. The van der Waals surface area contributed by atoms with Crippen molar-refractivity contribution in [2.75, 3.05) is 26.8 Å². The van der Waals surface area contributed by atoms with E-state index >= 15 is 0 Å². The van der Waals surface area contributed by atoms with E-state index in [9.17, 15) is 0 Å². The summed E-state index contributed by atoms with van der Waals surface area (Å²) in [5, 5.41) is 0. The molecule has 0 saturated heterocycles. The second-order valence-corrected chi connectivity index (χ2v) is 5.26. The molecule has 1 heterocycles. The first-order valence-corrected chi connectivity index (χ1v) is 6.75. The highest BCUT2D eigenvalue weighted by molar-refractivity contribution is 5.81. The minimum absolute atomic E-state index is 0.149. The fourth-order valence-electron chi connectivity index (χ4n) is 2.87. The van der Waals surface area contributed by atoms with Crippen molar-refractivity contribution in [1.82, 2.24) is 4.90 Å². The van der Waals surface area contributed by atoms with E-state index < -0.39 is 0 Å². The number of nitrogens with two attached hydrogens (primary N) is 1. The molecule has 0 fully saturated rings. The summed E-state index contributed by atoms with van der Waals surface area (Å²) >= 11 is 0. The number of rotatable bonds is 5. The summed E-state index contributed by atoms with van der Waals surface area (Å²) in [6.45, 7) is 6.57. The molecule has 0 spiro atoms. The normalized spacial score (nSPS) is 22.9. The molecule has 0 aromatic heterocycles. The topological polar surface area (TPSA) is 50.9 Å². The molecule has 0 saturated carbocycles. The van der Waals surface area contributed by atoms with Gasteiger partial charge in [0.1, 0.15) is 0 Å². The number of hydrogen-bond acceptors (Lipinski definition) is 4. The molecular formula is C15H23N3O. The zero-order chi connectivity index (χ0) is 13.9. The van der Waals surface area contributed by atoms with E-state index in [1.165, 1.54) is 5.56 Å². The third-order valence-corrected chi connectivity index (χ3v) is 3.99. The van der Waals surface area contributed by atoms with Crippen LogP contribution in [0, 0.1) is 5.92 Å². The predicted octanol–water partition coefficient (Wildman–Crippen LogP) is 1.81. The molecule has 19 heavy (non-hydrogen) atoms. The highest BCUT2D eigenvalue weighted by Crippen LogP contribution is 2.39. The van der Waals surface area contributed by atoms with Crippen LogP contribution in [0.4, 0.5) is 0 Å². The summed E-state index contributed by atoms with van der Waals surface area (Å²) in [6.07, 6.45) is 0. The van der Waals surface area contributed by atoms with Crippen LogP contribution < -0.4 is 5.73 Å². The van der Waals surface area contributed by atoms with Crippen LogP contribution in [0.25, 0.3) is 0 Å². The molecule has 1 unspecified atom stereocenters. The van der Waals surface area contributed by atoms with Gasteiger partial charge in [-0.2, -0.15) is 0 Å². The maximum absolute atomic E-state index is 6.09. The highest BCUT2D eigenvalue weighted by atomic mass is 16.5. The zero-order valence-electron chi connectivity index (χ0n) is 12.0. The van der Waals surface area contributed by atoms with Gasteiger partial charge < -0.3 is 15.4 Å². The van der Waals surface area contributed by atoms with Crippen LogP contribution in [-0.4, -0.2) is 37.7 Å². The molecule has 0 bridgehead atoms. The smallest absolute Gasteiger partial charge is 0.192 e. The lowest BCUT2D eigenvalue weighted by molar-refractivity contribution is 0.0965. The van der Waals surface area contributed by atoms with Crippen molar-refractivity contribution < 1.29 is 4.74 Å². The Morgan fingerprint density at radius 2 is 2.05 bits per heavy atom. The molecule has 1 aromatic carbocycles. The van der Waals surface area contributed by atoms with Crippen LogP contribution in [0.2, 0.25) is 0 Å². The Kier molecular flexibility index (Phi) is 4.10. The van der Waals surface area contributed by atoms with Crippen molar-refractivity contribution in [1.29, 1.82) is 0 Å². The zero-order valence-corrected chi connectivity index (χ0v) is 12.0. The van der Waals surface area contributed by atoms with Gasteiger partial charge in [0.2, 0.25) is 0 Å². The van der Waals surface area contributed by atoms with Gasteiger partial charge in [-0.3, -0.25) is 4.99 Å². The van der Waals surface area contributed by atoms with Crippen molar-refractivity contribution in [3.05, 3.63) is 35.9 Å². The van der Waals surface area contributed by atoms with Gasteiger partial charge >= 0.3 is 0 Å². The molecule has 1 aliphatic heterocycles. The van der Waals surface area contributed by atoms with Crippen LogP contribution in [0.1, 0.15) is 19.4 Å². The largest absolute Gasteiger partial charge is 0.383 e. The molecule has 1 atom stereocenters. The molecule has 0 amide bonds. The van der Waals surface area contributed by atoms with Crippen molar-refractivity contribution in [2.24, 2.45) is 16.6 Å². The number of methoxy groups -OCH3 is 1. The summed E-state index contributed by atoms with van der Waals surface area (Å²) in [6, 6.07) is 10.5. The Morgan fingerprint density at radius 1 is 1.37 bits per heavy atom. The summed E-state index contributed by atoms with van der Waals surface area (Å²) in [5.41, 5.74) is 7.21. The standard InChI is InChI=1S/C15H23N3O/c1-12(2)15(13-7-5-4-6-8-13)11-17-14(16)18(15)9-10-19-3/h4-8,12H,9-11H2,1-3H3,(H2,16,17). The molecular weight excluding hydrogens is 238 g/mol. The van der Waals surface area contributed by atoms with Crippen LogP contribution in [-0.2, 0) is 10.3 Å². The Labute approximate surface area is 115 Å². The summed E-state index contributed by atoms with van der Waals surface area (Å²) in [5.74, 6) is 1.03. The van der Waals surface area contributed by atoms with Gasteiger partial charge in [0.05, 0.1) is 18.7 Å². The van der Waals surface area contributed by atoms with Gasteiger partial charge in [0.15, 0.2) is 5.96 Å². The minimum Gasteiger partial charge on any atom is -0.383 e. The van der Waals surface area contributed by atoms with Crippen LogP contribution >= 0.6 is 0 Å². The minimum atomic E-state index is -0.149. The maximum Gasteiger partial charge on any atom is 0.192 e. The Balaban J connectivity index is 2.39. The molecule has 1 aromatic rings. The molecule has 2 N–H and O–H groups in total. The first-order chi connectivity index (χ1) is 9.13. The molecule has 2 rings (SSSR count). The number of guanidine groups is 1. The Bertz CT molecular complexity index is 444. The maximum atomic E-state index is 6.09. The van der Waals surface area contributed by atoms with Crippen LogP contribution in [0.5, 0.6) is 0 Å². The number of benzene rings is 1. The number of nitrogens with zero attached hydrogens (tertiary/aromatic N) is 2. The van der Waals surface area contributed by atoms with Crippen molar-refractivity contribution >= 4 is 5.96 Å². The molecule has 1 aliphatic rings. The molecule has 4 nitrogen and oxygen atoms in total. The lowest BCUT2D eigenvalue weighted by atomic mass is 9.79. The van der Waals surface area contributed by atoms with E-state index in [0.29, 0.717) is 25.0 Å². The van der Waals surface area contributed by atoms with E-state index in [4.69, 9.17) is 10.5 Å². The van der Waals surface area contributed by atoms with Gasteiger partial charge in [-0.15, -0.1) is 0 Å². The predicted molar refractivity (Wildman–Crippen MR) is 78.0 cm³/mol. The fraction of sp³-hybridized carbons (Fsp3) is 0.533. The SMILES string of the molecule is COCCN1C(N)=NCC1(c1ccccc1)C(C)C. The molecule has 104 valence electrons. The summed E-state index contributed by atoms with van der Waals surface area (Å²) in [4.78, 5) is 6.68. The second kappa shape index (κ2) is 5.61. The molecule has 0 aliphatic carbocycles. The Morgan fingerprint density at radius 3 is 2.63 bits per heavy atom. The third-order valence-electron chi connectivity index (χ3n) is 3.99. The second-order valence-electron chi connectivity index (χ2n) is 5.26. The summed E-state index contributed by atoms with van der Waals surface area (Å²) in [7, 11) is 1.71. The average Bonchev–Trinajstić information content (AvgIpc) is 2.75. The van der Waals surface area contributed by atoms with E-state index in [2.05, 4.69) is 48.0 Å². The van der Waals surface area contributed by atoms with E-state index in [1.54, 1.807) is 7.11 Å². The van der Waals surface area contributed by atoms with E-state index in [-0.39, 0.29) is 5.54 Å². The molecule has 4 heteroatoms. The van der Waals surface area contributed by atoms with Crippen molar-refractivity contribution in [2.45, 2.75) is 19.4 Å². The van der Waals surface area contributed by atoms with Crippen LogP contribution in [0.3, 0.4) is 0 Å².